The zero-order valence-electron chi connectivity index (χ0n) is 18.7. The molecule has 0 heterocycles. The zero-order chi connectivity index (χ0) is 22.4. The van der Waals surface area contributed by atoms with Gasteiger partial charge in [-0.1, -0.05) is 78.1 Å². The molecule has 0 saturated carbocycles. The number of nitrogens with two attached hydrogens (primary N) is 1. The molecule has 0 unspecified atom stereocenters. The fourth-order valence-electron chi connectivity index (χ4n) is 3.09. The summed E-state index contributed by atoms with van der Waals surface area (Å²) in [5.74, 6) is 0.0911. The summed E-state index contributed by atoms with van der Waals surface area (Å²) in [5.41, 5.74) is 5.34. The van der Waals surface area contributed by atoms with Crippen molar-refractivity contribution in [3.8, 4) is 0 Å². The number of hydrogen-bond acceptors (Lipinski definition) is 4. The van der Waals surface area contributed by atoms with Crippen molar-refractivity contribution in [2.45, 2.75) is 97.3 Å². The Morgan fingerprint density at radius 2 is 1.14 bits per heavy atom. The lowest BCUT2D eigenvalue weighted by atomic mass is 10.1. The molecule has 0 aromatic heterocycles. The van der Waals surface area contributed by atoms with E-state index in [-0.39, 0.29) is 5.96 Å². The van der Waals surface area contributed by atoms with Crippen molar-refractivity contribution in [3.63, 3.8) is 0 Å². The Hall–Kier alpha value is -0.900. The van der Waals surface area contributed by atoms with E-state index < -0.39 is 10.4 Å². The first-order chi connectivity index (χ1) is 13.7. The first kappa shape index (κ1) is 30.3. The Morgan fingerprint density at radius 1 is 0.793 bits per heavy atom. The molecule has 176 valence electrons. The molecule has 9 heteroatoms. The molecule has 0 amide bonds. The van der Waals surface area contributed by atoms with Crippen LogP contribution in [0.2, 0.25) is 0 Å². The van der Waals surface area contributed by atoms with E-state index in [1.54, 1.807) is 0 Å². The molecule has 0 fully saturated rings. The maximum atomic E-state index is 8.74. The van der Waals surface area contributed by atoms with Crippen LogP contribution in [0.25, 0.3) is 0 Å². The van der Waals surface area contributed by atoms with Gasteiger partial charge < -0.3 is 16.0 Å². The summed E-state index contributed by atoms with van der Waals surface area (Å²) in [4.78, 5) is 2.63. The number of guanidine groups is 1. The Morgan fingerprint density at radius 3 is 1.52 bits per heavy atom. The molecule has 0 aliphatic rings. The SMILES string of the molecule is CCCCCCCCN(CCCCCCCC)CCCNC(=N)N.O=S(=O)(O)O. The largest absolute Gasteiger partial charge is 0.394 e. The average molecular weight is 439 g/mol. The predicted octanol–water partition coefficient (Wildman–Crippen LogP) is 4.23. The standard InChI is InChI=1S/C20H44N4.H2O4S/c1-3-5-7-9-11-13-17-24(19-15-16-23-20(21)22)18-14-12-10-8-6-4-2;1-5(2,3)4/h3-19H2,1-2H3,(H4,21,22,23);(H2,1,2,3,4). The van der Waals surface area contributed by atoms with Crippen LogP contribution < -0.4 is 11.1 Å². The summed E-state index contributed by atoms with van der Waals surface area (Å²) in [6.45, 7) is 8.97. The highest BCUT2D eigenvalue weighted by molar-refractivity contribution is 7.79. The molecule has 8 nitrogen and oxygen atoms in total. The lowest BCUT2D eigenvalue weighted by Crippen LogP contribution is -2.34. The predicted molar refractivity (Wildman–Crippen MR) is 122 cm³/mol. The molecule has 0 radical (unpaired) electrons. The number of rotatable bonds is 18. The number of unbranched alkanes of at least 4 members (excludes halogenated alkanes) is 10. The van der Waals surface area contributed by atoms with Crippen molar-refractivity contribution in [2.75, 3.05) is 26.2 Å². The van der Waals surface area contributed by atoms with Gasteiger partial charge in [0.2, 0.25) is 0 Å². The van der Waals surface area contributed by atoms with Crippen molar-refractivity contribution >= 4 is 16.4 Å². The van der Waals surface area contributed by atoms with Crippen molar-refractivity contribution in [2.24, 2.45) is 5.73 Å². The van der Waals surface area contributed by atoms with Crippen LogP contribution >= 0.6 is 0 Å². The second-order valence-electron chi connectivity index (χ2n) is 7.52. The van der Waals surface area contributed by atoms with Crippen LogP contribution in [0.1, 0.15) is 97.3 Å². The molecule has 0 aliphatic heterocycles. The maximum Gasteiger partial charge on any atom is 0.394 e. The normalized spacial score (nSPS) is 11.2. The molecule has 0 saturated heterocycles. The fourth-order valence-corrected chi connectivity index (χ4v) is 3.09. The summed E-state index contributed by atoms with van der Waals surface area (Å²) in [6, 6.07) is 0. The van der Waals surface area contributed by atoms with Gasteiger partial charge in [0.05, 0.1) is 0 Å². The zero-order valence-corrected chi connectivity index (χ0v) is 19.5. The van der Waals surface area contributed by atoms with Crippen LogP contribution in [-0.4, -0.2) is 54.6 Å². The van der Waals surface area contributed by atoms with E-state index in [1.807, 2.05) is 0 Å². The maximum absolute atomic E-state index is 8.74. The third-order valence-electron chi connectivity index (χ3n) is 4.62. The van der Waals surface area contributed by atoms with Gasteiger partial charge in [0.1, 0.15) is 0 Å². The van der Waals surface area contributed by atoms with Crippen LogP contribution in [0.4, 0.5) is 0 Å². The number of hydrogen-bond donors (Lipinski definition) is 5. The monoisotopic (exact) mass is 438 g/mol. The quantitative estimate of drug-likeness (QED) is 0.0933. The molecule has 0 spiro atoms. The summed E-state index contributed by atoms with van der Waals surface area (Å²) in [7, 11) is -4.67. The van der Waals surface area contributed by atoms with E-state index in [9.17, 15) is 0 Å². The first-order valence-corrected chi connectivity index (χ1v) is 12.6. The van der Waals surface area contributed by atoms with E-state index in [4.69, 9.17) is 28.7 Å². The van der Waals surface area contributed by atoms with Crippen LogP contribution in [0, 0.1) is 5.41 Å². The van der Waals surface area contributed by atoms with Crippen molar-refractivity contribution in [1.82, 2.24) is 10.2 Å². The minimum absolute atomic E-state index is 0.0911. The molecule has 0 aliphatic carbocycles. The average Bonchev–Trinajstić information content (AvgIpc) is 2.62. The number of nitrogens with zero attached hydrogens (tertiary/aromatic N) is 1. The molecule has 0 rings (SSSR count). The van der Waals surface area contributed by atoms with Gasteiger partial charge in [-0.15, -0.1) is 0 Å². The van der Waals surface area contributed by atoms with E-state index in [0.29, 0.717) is 0 Å². The summed E-state index contributed by atoms with van der Waals surface area (Å²) in [6.07, 6.45) is 17.5. The Labute approximate surface area is 179 Å². The van der Waals surface area contributed by atoms with Gasteiger partial charge in [0.25, 0.3) is 0 Å². The third kappa shape index (κ3) is 35.0. The highest BCUT2D eigenvalue weighted by atomic mass is 32.3. The first-order valence-electron chi connectivity index (χ1n) is 11.2. The molecule has 0 bridgehead atoms. The molecule has 0 aromatic rings. The Balaban J connectivity index is 0. The second kappa shape index (κ2) is 21.8. The Kier molecular flexibility index (Phi) is 22.8. The summed E-state index contributed by atoms with van der Waals surface area (Å²) < 4.78 is 31.6. The van der Waals surface area contributed by atoms with Gasteiger partial charge in [0, 0.05) is 6.54 Å². The highest BCUT2D eigenvalue weighted by Gasteiger charge is 2.05. The molecular formula is C20H46N4O4S. The number of nitrogens with one attached hydrogen (secondary N) is 2. The Bertz CT molecular complexity index is 437. The van der Waals surface area contributed by atoms with Crippen LogP contribution in [0.5, 0.6) is 0 Å². The highest BCUT2D eigenvalue weighted by Crippen LogP contribution is 2.09. The van der Waals surface area contributed by atoms with E-state index in [0.717, 1.165) is 19.5 Å². The van der Waals surface area contributed by atoms with Crippen LogP contribution in [0.15, 0.2) is 0 Å². The summed E-state index contributed by atoms with van der Waals surface area (Å²) in [5, 5.41) is 10.1. The molecule has 0 atom stereocenters. The third-order valence-corrected chi connectivity index (χ3v) is 4.62. The van der Waals surface area contributed by atoms with Crippen molar-refractivity contribution in [1.29, 1.82) is 5.41 Å². The van der Waals surface area contributed by atoms with Gasteiger partial charge in [-0.2, -0.15) is 8.42 Å². The lowest BCUT2D eigenvalue weighted by Gasteiger charge is -2.22. The lowest BCUT2D eigenvalue weighted by molar-refractivity contribution is 0.257. The minimum Gasteiger partial charge on any atom is -0.370 e. The van der Waals surface area contributed by atoms with Gasteiger partial charge in [-0.25, -0.2) is 0 Å². The fraction of sp³-hybridized carbons (Fsp3) is 0.950. The smallest absolute Gasteiger partial charge is 0.370 e. The van der Waals surface area contributed by atoms with Crippen LogP contribution in [0.3, 0.4) is 0 Å². The molecule has 6 N–H and O–H groups in total. The second-order valence-corrected chi connectivity index (χ2v) is 8.41. The van der Waals surface area contributed by atoms with Crippen molar-refractivity contribution in [3.05, 3.63) is 0 Å². The van der Waals surface area contributed by atoms with Gasteiger partial charge in [0.15, 0.2) is 5.96 Å². The molecular weight excluding hydrogens is 392 g/mol. The van der Waals surface area contributed by atoms with Crippen LogP contribution in [-0.2, 0) is 10.4 Å². The van der Waals surface area contributed by atoms with Gasteiger partial charge in [-0.3, -0.25) is 14.5 Å². The molecule has 0 aromatic carbocycles. The minimum atomic E-state index is -4.67. The van der Waals surface area contributed by atoms with E-state index in [2.05, 4.69) is 24.1 Å². The summed E-state index contributed by atoms with van der Waals surface area (Å²) >= 11 is 0. The van der Waals surface area contributed by atoms with E-state index in [1.165, 1.54) is 90.1 Å². The molecule has 29 heavy (non-hydrogen) atoms. The topological polar surface area (TPSA) is 140 Å². The van der Waals surface area contributed by atoms with E-state index >= 15 is 0 Å². The van der Waals surface area contributed by atoms with Crippen molar-refractivity contribution < 1.29 is 17.5 Å². The van der Waals surface area contributed by atoms with Gasteiger partial charge in [-0.05, 0) is 38.9 Å². The van der Waals surface area contributed by atoms with Gasteiger partial charge >= 0.3 is 10.4 Å².